The summed E-state index contributed by atoms with van der Waals surface area (Å²) in [6, 6.07) is -0.764. The molecule has 0 bridgehead atoms. The molecule has 1 unspecified atom stereocenters. The number of carbonyl (C=O) groups excluding carboxylic acids is 1. The van der Waals surface area contributed by atoms with E-state index in [0.717, 1.165) is 0 Å². The van der Waals surface area contributed by atoms with Crippen LogP contribution in [0, 0.1) is 6.92 Å². The Labute approximate surface area is 102 Å². The molecule has 1 aromatic rings. The van der Waals surface area contributed by atoms with Gasteiger partial charge in [-0.3, -0.25) is 10.1 Å². The van der Waals surface area contributed by atoms with E-state index in [-0.39, 0.29) is 6.54 Å². The summed E-state index contributed by atoms with van der Waals surface area (Å²) < 4.78 is 40.8. The van der Waals surface area contributed by atoms with E-state index >= 15 is 0 Å². The summed E-state index contributed by atoms with van der Waals surface area (Å²) in [6.07, 6.45) is -2.89. The van der Waals surface area contributed by atoms with Crippen LogP contribution >= 0.6 is 0 Å². The molecule has 1 amide bonds. The van der Waals surface area contributed by atoms with Crippen LogP contribution in [0.25, 0.3) is 0 Å². The zero-order valence-electron chi connectivity index (χ0n) is 9.97. The first-order valence-corrected chi connectivity index (χ1v) is 5.27. The molecular formula is C10H14F3N3O2. The summed E-state index contributed by atoms with van der Waals surface area (Å²) in [5.41, 5.74) is 0. The van der Waals surface area contributed by atoms with E-state index in [1.807, 2.05) is 0 Å². The maximum atomic E-state index is 11.9. The van der Waals surface area contributed by atoms with Crippen molar-refractivity contribution >= 4 is 5.91 Å². The van der Waals surface area contributed by atoms with Crippen molar-refractivity contribution < 1.29 is 22.4 Å². The van der Waals surface area contributed by atoms with Crippen molar-refractivity contribution in [3.63, 3.8) is 0 Å². The number of aryl methyl sites for hydroxylation is 1. The van der Waals surface area contributed by atoms with Gasteiger partial charge in [0.05, 0.1) is 18.8 Å². The van der Waals surface area contributed by atoms with Crippen LogP contribution in [-0.2, 0) is 11.3 Å². The average molecular weight is 265 g/mol. The van der Waals surface area contributed by atoms with Crippen LogP contribution in [0.15, 0.2) is 10.6 Å². The predicted molar refractivity (Wildman–Crippen MR) is 56.6 cm³/mol. The van der Waals surface area contributed by atoms with Crippen LogP contribution < -0.4 is 10.6 Å². The van der Waals surface area contributed by atoms with E-state index in [1.165, 1.54) is 13.1 Å². The molecule has 1 aromatic heterocycles. The molecule has 0 saturated carbocycles. The van der Waals surface area contributed by atoms with Gasteiger partial charge in [0.2, 0.25) is 11.8 Å². The Morgan fingerprint density at radius 3 is 2.72 bits per heavy atom. The van der Waals surface area contributed by atoms with Gasteiger partial charge in [0.15, 0.2) is 0 Å². The Morgan fingerprint density at radius 2 is 2.22 bits per heavy atom. The van der Waals surface area contributed by atoms with Crippen molar-refractivity contribution in [2.24, 2.45) is 0 Å². The number of alkyl halides is 3. The van der Waals surface area contributed by atoms with Crippen molar-refractivity contribution in [1.29, 1.82) is 0 Å². The standard InChI is InChI=1S/C10H14F3N3O2/c1-6-3-15-8(18-6)4-14-7(2)9(17)16-5-10(11,12)13/h3,7,14H,4-5H2,1-2H3,(H,16,17). The quantitative estimate of drug-likeness (QED) is 0.837. The highest BCUT2D eigenvalue weighted by Crippen LogP contribution is 2.12. The first-order valence-electron chi connectivity index (χ1n) is 5.27. The van der Waals surface area contributed by atoms with Crippen LogP contribution in [0.5, 0.6) is 0 Å². The lowest BCUT2D eigenvalue weighted by atomic mass is 10.3. The number of hydrogen-bond acceptors (Lipinski definition) is 4. The molecule has 8 heteroatoms. The maximum absolute atomic E-state index is 11.9. The SMILES string of the molecule is Cc1cnc(CNC(C)C(=O)NCC(F)(F)F)o1. The molecule has 1 heterocycles. The fourth-order valence-electron chi connectivity index (χ4n) is 1.16. The van der Waals surface area contributed by atoms with E-state index in [4.69, 9.17) is 4.42 Å². The molecule has 0 saturated heterocycles. The number of nitrogens with zero attached hydrogens (tertiary/aromatic N) is 1. The fraction of sp³-hybridized carbons (Fsp3) is 0.600. The second-order valence-electron chi connectivity index (χ2n) is 3.80. The van der Waals surface area contributed by atoms with Crippen molar-refractivity contribution in [3.05, 3.63) is 17.8 Å². The van der Waals surface area contributed by atoms with E-state index < -0.39 is 24.7 Å². The normalized spacial score (nSPS) is 13.4. The smallest absolute Gasteiger partial charge is 0.405 e. The number of halogens is 3. The number of nitrogens with one attached hydrogen (secondary N) is 2. The second kappa shape index (κ2) is 5.85. The topological polar surface area (TPSA) is 67.2 Å². The number of carbonyl (C=O) groups is 1. The zero-order chi connectivity index (χ0) is 13.8. The van der Waals surface area contributed by atoms with Crippen molar-refractivity contribution in [3.8, 4) is 0 Å². The van der Waals surface area contributed by atoms with E-state index in [1.54, 1.807) is 12.2 Å². The lowest BCUT2D eigenvalue weighted by Gasteiger charge is -2.14. The molecule has 0 aliphatic rings. The molecule has 5 nitrogen and oxygen atoms in total. The van der Waals surface area contributed by atoms with Crippen molar-refractivity contribution in [2.75, 3.05) is 6.54 Å². The third-order valence-electron chi connectivity index (χ3n) is 2.08. The summed E-state index contributed by atoms with van der Waals surface area (Å²) in [5.74, 6) is 0.277. The molecule has 0 aromatic carbocycles. The Balaban J connectivity index is 2.32. The molecular weight excluding hydrogens is 251 g/mol. The first kappa shape index (κ1) is 14.5. The molecule has 0 aliphatic heterocycles. The first-order chi connectivity index (χ1) is 8.28. The molecule has 1 atom stereocenters. The van der Waals surface area contributed by atoms with E-state index in [0.29, 0.717) is 11.7 Å². The summed E-state index contributed by atoms with van der Waals surface area (Å²) in [4.78, 5) is 15.2. The minimum absolute atomic E-state index is 0.175. The zero-order valence-corrected chi connectivity index (χ0v) is 9.97. The molecule has 0 radical (unpaired) electrons. The van der Waals surface area contributed by atoms with Crippen molar-refractivity contribution in [2.45, 2.75) is 32.6 Å². The lowest BCUT2D eigenvalue weighted by Crippen LogP contribution is -2.45. The van der Waals surface area contributed by atoms with Gasteiger partial charge in [0.25, 0.3) is 0 Å². The van der Waals surface area contributed by atoms with Gasteiger partial charge >= 0.3 is 6.18 Å². The van der Waals surface area contributed by atoms with Crippen LogP contribution in [0.1, 0.15) is 18.6 Å². The summed E-state index contributed by atoms with van der Waals surface area (Å²) in [6.45, 7) is 2.02. The van der Waals surface area contributed by atoms with Crippen LogP contribution in [0.3, 0.4) is 0 Å². The third kappa shape index (κ3) is 5.17. The Kier molecular flexibility index (Phi) is 4.71. The fourth-order valence-corrected chi connectivity index (χ4v) is 1.16. The predicted octanol–water partition coefficient (Wildman–Crippen LogP) is 1.14. The largest absolute Gasteiger partial charge is 0.445 e. The number of aromatic nitrogens is 1. The lowest BCUT2D eigenvalue weighted by molar-refractivity contribution is -0.139. The number of hydrogen-bond donors (Lipinski definition) is 2. The molecule has 0 fully saturated rings. The van der Waals surface area contributed by atoms with Gasteiger partial charge in [0, 0.05) is 0 Å². The third-order valence-corrected chi connectivity index (χ3v) is 2.08. The summed E-state index contributed by atoms with van der Waals surface area (Å²) >= 11 is 0. The minimum atomic E-state index is -4.41. The van der Waals surface area contributed by atoms with Crippen molar-refractivity contribution in [1.82, 2.24) is 15.6 Å². The molecule has 0 aliphatic carbocycles. The summed E-state index contributed by atoms with van der Waals surface area (Å²) in [5, 5.41) is 4.50. The highest BCUT2D eigenvalue weighted by atomic mass is 19.4. The van der Waals surface area contributed by atoms with Crippen LogP contribution in [0.4, 0.5) is 13.2 Å². The van der Waals surface area contributed by atoms with Gasteiger partial charge < -0.3 is 9.73 Å². The van der Waals surface area contributed by atoms with E-state index in [9.17, 15) is 18.0 Å². The number of amides is 1. The summed E-state index contributed by atoms with van der Waals surface area (Å²) in [7, 11) is 0. The minimum Gasteiger partial charge on any atom is -0.445 e. The monoisotopic (exact) mass is 265 g/mol. The highest BCUT2D eigenvalue weighted by molar-refractivity contribution is 5.81. The van der Waals surface area contributed by atoms with Crippen LogP contribution in [-0.4, -0.2) is 29.7 Å². The Bertz CT molecular complexity index is 403. The van der Waals surface area contributed by atoms with Gasteiger partial charge in [-0.15, -0.1) is 0 Å². The van der Waals surface area contributed by atoms with Gasteiger partial charge in [-0.25, -0.2) is 4.98 Å². The molecule has 102 valence electrons. The molecule has 1 rings (SSSR count). The van der Waals surface area contributed by atoms with Crippen LogP contribution in [0.2, 0.25) is 0 Å². The Hall–Kier alpha value is -1.57. The maximum Gasteiger partial charge on any atom is 0.405 e. The van der Waals surface area contributed by atoms with Gasteiger partial charge in [0.1, 0.15) is 12.3 Å². The number of oxazole rings is 1. The van der Waals surface area contributed by atoms with Gasteiger partial charge in [-0.2, -0.15) is 13.2 Å². The van der Waals surface area contributed by atoms with Gasteiger partial charge in [-0.1, -0.05) is 0 Å². The van der Waals surface area contributed by atoms with Gasteiger partial charge in [-0.05, 0) is 13.8 Å². The molecule has 0 spiro atoms. The second-order valence-corrected chi connectivity index (χ2v) is 3.80. The molecule has 2 N–H and O–H groups in total. The number of rotatable bonds is 5. The van der Waals surface area contributed by atoms with E-state index in [2.05, 4.69) is 10.3 Å². The Morgan fingerprint density at radius 1 is 1.56 bits per heavy atom. The highest BCUT2D eigenvalue weighted by Gasteiger charge is 2.28. The molecule has 18 heavy (non-hydrogen) atoms. The average Bonchev–Trinajstić information content (AvgIpc) is 2.67.